The van der Waals surface area contributed by atoms with Crippen LogP contribution in [0.1, 0.15) is 38.3 Å². The van der Waals surface area contributed by atoms with Gasteiger partial charge in [0.1, 0.15) is 0 Å². The number of nitrogens with two attached hydrogens (primary N) is 1. The lowest BCUT2D eigenvalue weighted by atomic mass is 9.94. The normalized spacial score (nSPS) is 14.9. The number of carbonyl (C=O) groups is 1. The summed E-state index contributed by atoms with van der Waals surface area (Å²) in [5.74, 6) is -0.339. The minimum Gasteiger partial charge on any atom is -0.391 e. The average molecular weight is 385 g/mol. The second kappa shape index (κ2) is 10.4. The molecule has 0 radical (unpaired) electrons. The Kier molecular flexibility index (Phi) is 8.18. The summed E-state index contributed by atoms with van der Waals surface area (Å²) in [6.07, 6.45) is 0.852. The van der Waals surface area contributed by atoms with Crippen molar-refractivity contribution in [3.63, 3.8) is 0 Å². The van der Waals surface area contributed by atoms with Gasteiger partial charge >= 0.3 is 5.97 Å². The Morgan fingerprint density at radius 1 is 1.00 bits per heavy atom. The maximum Gasteiger partial charge on any atom is 0.329 e. The van der Waals surface area contributed by atoms with Crippen molar-refractivity contribution in [3.05, 3.63) is 71.8 Å². The third-order valence-corrected chi connectivity index (χ3v) is 4.59. The molecule has 28 heavy (non-hydrogen) atoms. The molecule has 2 aromatic rings. The van der Waals surface area contributed by atoms with Crippen LogP contribution in [-0.4, -0.2) is 29.3 Å². The largest absolute Gasteiger partial charge is 0.391 e. The third-order valence-electron chi connectivity index (χ3n) is 4.59. The van der Waals surface area contributed by atoms with Crippen molar-refractivity contribution in [2.75, 3.05) is 0 Å². The van der Waals surface area contributed by atoms with Crippen LogP contribution in [0, 0.1) is 5.41 Å². The number of hydrogen-bond donors (Lipinski definition) is 3. The van der Waals surface area contributed by atoms with Gasteiger partial charge in [-0.2, -0.15) is 0 Å². The smallest absolute Gasteiger partial charge is 0.329 e. The van der Waals surface area contributed by atoms with Crippen LogP contribution in [0.5, 0.6) is 0 Å². The van der Waals surface area contributed by atoms with Gasteiger partial charge in [0.05, 0.1) is 11.5 Å². The van der Waals surface area contributed by atoms with Gasteiger partial charge in [-0.15, -0.1) is 5.48 Å². The van der Waals surface area contributed by atoms with Gasteiger partial charge in [0.25, 0.3) is 0 Å². The molecule has 0 saturated heterocycles. The third kappa shape index (κ3) is 7.43. The molecule has 0 heterocycles. The Morgan fingerprint density at radius 2 is 1.50 bits per heavy atom. The SMILES string of the molecule is CC(C)(C)C(=O)ON[C@@H](Cc1ccccc1)C[C@H](O)[C@@H](N)Cc1ccccc1. The summed E-state index contributed by atoms with van der Waals surface area (Å²) in [6.45, 7) is 5.40. The fourth-order valence-corrected chi connectivity index (χ4v) is 2.85. The zero-order valence-corrected chi connectivity index (χ0v) is 17.0. The quantitative estimate of drug-likeness (QED) is 0.579. The number of rotatable bonds is 9. The number of hydroxylamine groups is 1. The van der Waals surface area contributed by atoms with Crippen LogP contribution in [0.4, 0.5) is 0 Å². The number of aliphatic hydroxyl groups excluding tert-OH is 1. The second-order valence-corrected chi connectivity index (χ2v) is 8.30. The van der Waals surface area contributed by atoms with Crippen LogP contribution in [0.15, 0.2) is 60.7 Å². The van der Waals surface area contributed by atoms with Crippen molar-refractivity contribution in [2.45, 2.75) is 58.2 Å². The first kappa shape index (κ1) is 22.1. The molecule has 2 aromatic carbocycles. The molecule has 5 nitrogen and oxygen atoms in total. The minimum absolute atomic E-state index is 0.245. The zero-order chi connectivity index (χ0) is 20.6. The van der Waals surface area contributed by atoms with Crippen molar-refractivity contribution < 1.29 is 14.7 Å². The Hall–Kier alpha value is -2.21. The van der Waals surface area contributed by atoms with E-state index in [0.717, 1.165) is 11.1 Å². The molecule has 0 aliphatic heterocycles. The molecule has 0 fully saturated rings. The molecule has 152 valence electrons. The first-order chi connectivity index (χ1) is 13.3. The Balaban J connectivity index is 1.99. The van der Waals surface area contributed by atoms with Gasteiger partial charge < -0.3 is 15.7 Å². The van der Waals surface area contributed by atoms with Crippen LogP contribution in [0.3, 0.4) is 0 Å². The van der Waals surface area contributed by atoms with E-state index in [4.69, 9.17) is 10.6 Å². The minimum atomic E-state index is -0.727. The first-order valence-corrected chi connectivity index (χ1v) is 9.74. The van der Waals surface area contributed by atoms with Gasteiger partial charge in [0.15, 0.2) is 0 Å². The van der Waals surface area contributed by atoms with E-state index in [9.17, 15) is 9.90 Å². The van der Waals surface area contributed by atoms with E-state index in [-0.39, 0.29) is 12.0 Å². The molecule has 3 atom stereocenters. The van der Waals surface area contributed by atoms with Crippen molar-refractivity contribution in [1.29, 1.82) is 0 Å². The highest BCUT2D eigenvalue weighted by Crippen LogP contribution is 2.16. The Labute approximate surface area is 167 Å². The van der Waals surface area contributed by atoms with E-state index in [2.05, 4.69) is 5.48 Å². The van der Waals surface area contributed by atoms with Crippen molar-refractivity contribution in [2.24, 2.45) is 11.1 Å². The molecular formula is C23H32N2O3. The summed E-state index contributed by atoms with van der Waals surface area (Å²) in [5.41, 5.74) is 10.7. The lowest BCUT2D eigenvalue weighted by Crippen LogP contribution is -2.44. The number of benzene rings is 2. The topological polar surface area (TPSA) is 84.6 Å². The van der Waals surface area contributed by atoms with Gasteiger partial charge in [0.2, 0.25) is 0 Å². The standard InChI is InChI=1S/C23H32N2O3/c1-23(2,3)22(27)28-25-19(14-17-10-6-4-7-11-17)16-21(26)20(24)15-18-12-8-5-9-13-18/h4-13,19-21,25-26H,14-16,24H2,1-3H3/t19-,20-,21-/m0/s1. The molecule has 4 N–H and O–H groups in total. The number of nitrogens with one attached hydrogen (secondary N) is 1. The van der Waals surface area contributed by atoms with Crippen molar-refractivity contribution in [3.8, 4) is 0 Å². The fourth-order valence-electron chi connectivity index (χ4n) is 2.85. The highest BCUT2D eigenvalue weighted by atomic mass is 16.7. The average Bonchev–Trinajstić information content (AvgIpc) is 2.66. The number of carbonyl (C=O) groups excluding carboxylic acids is 1. The molecule has 0 amide bonds. The molecule has 0 aromatic heterocycles. The van der Waals surface area contributed by atoms with E-state index in [1.165, 1.54) is 0 Å². The molecule has 0 unspecified atom stereocenters. The van der Waals surface area contributed by atoms with Gasteiger partial charge in [0, 0.05) is 12.1 Å². The maximum absolute atomic E-state index is 12.1. The molecule has 2 rings (SSSR count). The van der Waals surface area contributed by atoms with E-state index in [0.29, 0.717) is 19.3 Å². The maximum atomic E-state index is 12.1. The Bertz CT molecular complexity index is 714. The summed E-state index contributed by atoms with van der Waals surface area (Å²) >= 11 is 0. The van der Waals surface area contributed by atoms with Gasteiger partial charge in [-0.3, -0.25) is 0 Å². The van der Waals surface area contributed by atoms with Crippen molar-refractivity contribution in [1.82, 2.24) is 5.48 Å². The highest BCUT2D eigenvalue weighted by Gasteiger charge is 2.26. The summed E-state index contributed by atoms with van der Waals surface area (Å²) in [4.78, 5) is 17.4. The zero-order valence-electron chi connectivity index (χ0n) is 17.0. The molecule has 0 saturated carbocycles. The molecule has 0 bridgehead atoms. The van der Waals surface area contributed by atoms with E-state index in [1.807, 2.05) is 60.7 Å². The Morgan fingerprint density at radius 3 is 2.00 bits per heavy atom. The molecular weight excluding hydrogens is 352 g/mol. The van der Waals surface area contributed by atoms with Crippen molar-refractivity contribution >= 4 is 5.97 Å². The van der Waals surface area contributed by atoms with Crippen LogP contribution in [0.25, 0.3) is 0 Å². The summed E-state index contributed by atoms with van der Waals surface area (Å²) in [7, 11) is 0. The molecule has 0 aliphatic rings. The van der Waals surface area contributed by atoms with E-state index < -0.39 is 17.6 Å². The predicted molar refractivity (Wildman–Crippen MR) is 111 cm³/mol. The fraction of sp³-hybridized carbons (Fsp3) is 0.435. The van der Waals surface area contributed by atoms with Gasteiger partial charge in [-0.25, -0.2) is 4.79 Å². The molecule has 5 heteroatoms. The lowest BCUT2D eigenvalue weighted by Gasteiger charge is -2.26. The predicted octanol–water partition coefficient (Wildman–Crippen LogP) is 3.01. The van der Waals surface area contributed by atoms with Crippen LogP contribution in [0.2, 0.25) is 0 Å². The van der Waals surface area contributed by atoms with Crippen LogP contribution in [-0.2, 0) is 22.5 Å². The van der Waals surface area contributed by atoms with E-state index >= 15 is 0 Å². The van der Waals surface area contributed by atoms with Crippen LogP contribution < -0.4 is 11.2 Å². The first-order valence-electron chi connectivity index (χ1n) is 9.74. The molecule has 0 aliphatic carbocycles. The summed E-state index contributed by atoms with van der Waals surface area (Å²) in [6, 6.07) is 19.1. The van der Waals surface area contributed by atoms with Gasteiger partial charge in [-0.05, 0) is 51.2 Å². The lowest BCUT2D eigenvalue weighted by molar-refractivity contribution is -0.163. The van der Waals surface area contributed by atoms with Crippen LogP contribution >= 0.6 is 0 Å². The van der Waals surface area contributed by atoms with E-state index in [1.54, 1.807) is 20.8 Å². The second-order valence-electron chi connectivity index (χ2n) is 8.30. The summed E-state index contributed by atoms with van der Waals surface area (Å²) in [5, 5.41) is 10.6. The molecule has 0 spiro atoms. The monoisotopic (exact) mass is 384 g/mol. The summed E-state index contributed by atoms with van der Waals surface area (Å²) < 4.78 is 0. The highest BCUT2D eigenvalue weighted by molar-refractivity contribution is 5.75. The number of hydrogen-bond acceptors (Lipinski definition) is 5. The number of aliphatic hydroxyl groups is 1. The van der Waals surface area contributed by atoms with Gasteiger partial charge in [-0.1, -0.05) is 60.7 Å².